The van der Waals surface area contributed by atoms with Gasteiger partial charge in [-0.05, 0) is 35.1 Å². The minimum absolute atomic E-state index is 0. The Bertz CT molecular complexity index is 977. The molecule has 2 aromatic rings. The third-order valence-electron chi connectivity index (χ3n) is 6.72. The molecule has 4 rings (SSSR count). The van der Waals surface area contributed by atoms with Crippen molar-refractivity contribution in [3.8, 4) is 0 Å². The van der Waals surface area contributed by atoms with Gasteiger partial charge in [0.05, 0.1) is 0 Å². The van der Waals surface area contributed by atoms with Crippen LogP contribution in [0.5, 0.6) is 0 Å². The van der Waals surface area contributed by atoms with Gasteiger partial charge in [0.15, 0.2) is 5.96 Å². The smallest absolute Gasteiger partial charge is 0.225 e. The Balaban J connectivity index is 0.00000306. The van der Waals surface area contributed by atoms with Gasteiger partial charge in [0.25, 0.3) is 0 Å². The number of nitrogens with zero attached hydrogens (tertiary/aromatic N) is 2. The van der Waals surface area contributed by atoms with E-state index in [0.29, 0.717) is 24.9 Å². The van der Waals surface area contributed by atoms with Crippen LogP contribution in [0.4, 0.5) is 5.69 Å². The number of nitrogens with one attached hydrogen (secondary N) is 3. The van der Waals surface area contributed by atoms with Gasteiger partial charge in [-0.1, -0.05) is 56.3 Å². The Morgan fingerprint density at radius 2 is 1.85 bits per heavy atom. The van der Waals surface area contributed by atoms with Gasteiger partial charge in [0, 0.05) is 57.3 Å². The molecule has 6 nitrogen and oxygen atoms in total. The topological polar surface area (TPSA) is 68.8 Å². The summed E-state index contributed by atoms with van der Waals surface area (Å²) in [4.78, 5) is 19.1. The van der Waals surface area contributed by atoms with Crippen LogP contribution in [0.2, 0.25) is 0 Å². The van der Waals surface area contributed by atoms with E-state index >= 15 is 0 Å². The van der Waals surface area contributed by atoms with E-state index in [2.05, 4.69) is 70.0 Å². The maximum Gasteiger partial charge on any atom is 0.225 e. The van der Waals surface area contributed by atoms with Crippen molar-refractivity contribution in [1.29, 1.82) is 0 Å². The molecule has 0 aromatic heterocycles. The highest BCUT2D eigenvalue weighted by Gasteiger charge is 2.27. The summed E-state index contributed by atoms with van der Waals surface area (Å²) in [5.41, 5.74) is 5.03. The predicted molar refractivity (Wildman–Crippen MR) is 146 cm³/mol. The van der Waals surface area contributed by atoms with E-state index in [9.17, 15) is 4.79 Å². The van der Waals surface area contributed by atoms with Crippen LogP contribution in [-0.2, 0) is 17.8 Å². The number of halogens is 1. The Kier molecular flexibility index (Phi) is 9.14. The number of hydrogen-bond donors (Lipinski definition) is 3. The molecular formula is C26H36IN5O. The number of guanidine groups is 1. The minimum Gasteiger partial charge on any atom is -0.356 e. The molecular weight excluding hydrogens is 525 g/mol. The van der Waals surface area contributed by atoms with Crippen molar-refractivity contribution in [2.24, 2.45) is 10.9 Å². The third-order valence-corrected chi connectivity index (χ3v) is 6.72. The van der Waals surface area contributed by atoms with Crippen molar-refractivity contribution >= 4 is 41.5 Å². The fourth-order valence-corrected chi connectivity index (χ4v) is 4.91. The summed E-state index contributed by atoms with van der Waals surface area (Å²) < 4.78 is 0. The lowest BCUT2D eigenvalue weighted by molar-refractivity contribution is -0.116. The first kappa shape index (κ1) is 25.5. The van der Waals surface area contributed by atoms with Gasteiger partial charge in [-0.2, -0.15) is 0 Å². The highest BCUT2D eigenvalue weighted by molar-refractivity contribution is 14.0. The second-order valence-corrected chi connectivity index (χ2v) is 9.17. The molecule has 3 N–H and O–H groups in total. The maximum atomic E-state index is 12.1. The van der Waals surface area contributed by atoms with Gasteiger partial charge in [-0.3, -0.25) is 14.7 Å². The lowest BCUT2D eigenvalue weighted by atomic mass is 9.90. The van der Waals surface area contributed by atoms with Gasteiger partial charge in [0.1, 0.15) is 0 Å². The second kappa shape index (κ2) is 11.8. The van der Waals surface area contributed by atoms with E-state index < -0.39 is 0 Å². The molecule has 0 aliphatic carbocycles. The Morgan fingerprint density at radius 3 is 2.61 bits per heavy atom. The first-order valence-electron chi connectivity index (χ1n) is 11.7. The van der Waals surface area contributed by atoms with E-state index in [1.165, 1.54) is 16.7 Å². The van der Waals surface area contributed by atoms with E-state index in [4.69, 9.17) is 0 Å². The molecule has 0 radical (unpaired) electrons. The average molecular weight is 562 g/mol. The van der Waals surface area contributed by atoms with E-state index in [-0.39, 0.29) is 35.8 Å². The number of anilines is 1. The number of benzene rings is 2. The van der Waals surface area contributed by atoms with Crippen LogP contribution in [0, 0.1) is 5.92 Å². The largest absolute Gasteiger partial charge is 0.356 e. The number of aliphatic imine (C=N–C) groups is 1. The predicted octanol–water partition coefficient (Wildman–Crippen LogP) is 3.98. The molecule has 2 aliphatic heterocycles. The van der Waals surface area contributed by atoms with Crippen LogP contribution in [0.1, 0.15) is 42.9 Å². The summed E-state index contributed by atoms with van der Waals surface area (Å²) in [5.74, 6) is 1.53. The standard InChI is InChI=1S/C26H35N5O.HI/c1-18(2)24(31-13-12-19-8-4-5-9-20(19)17-31)16-29-26(27-3)28-15-21-14-25(32)30-23-11-7-6-10-22(21)23;/h4-11,18,21,24H,12-17H2,1-3H3,(H,30,32)(H2,27,28,29);1H. The van der Waals surface area contributed by atoms with Gasteiger partial charge >= 0.3 is 0 Å². The molecule has 1 amide bonds. The van der Waals surface area contributed by atoms with Crippen molar-refractivity contribution in [3.05, 3.63) is 65.2 Å². The van der Waals surface area contributed by atoms with E-state index in [1.54, 1.807) is 7.05 Å². The monoisotopic (exact) mass is 561 g/mol. The molecule has 2 unspecified atom stereocenters. The molecule has 33 heavy (non-hydrogen) atoms. The fourth-order valence-electron chi connectivity index (χ4n) is 4.91. The maximum absolute atomic E-state index is 12.1. The zero-order chi connectivity index (χ0) is 22.5. The van der Waals surface area contributed by atoms with Gasteiger partial charge in [0.2, 0.25) is 5.91 Å². The zero-order valence-electron chi connectivity index (χ0n) is 19.8. The van der Waals surface area contributed by atoms with Crippen LogP contribution < -0.4 is 16.0 Å². The number of fused-ring (bicyclic) bond motifs is 2. The number of amides is 1. The molecule has 0 bridgehead atoms. The minimum atomic E-state index is 0. The van der Waals surface area contributed by atoms with Gasteiger partial charge in [-0.25, -0.2) is 0 Å². The summed E-state index contributed by atoms with van der Waals surface area (Å²) in [6, 6.07) is 17.3. The summed E-state index contributed by atoms with van der Waals surface area (Å²) in [7, 11) is 1.80. The Labute approximate surface area is 214 Å². The van der Waals surface area contributed by atoms with E-state index in [0.717, 1.165) is 37.7 Å². The van der Waals surface area contributed by atoms with Crippen molar-refractivity contribution in [1.82, 2.24) is 15.5 Å². The van der Waals surface area contributed by atoms with Crippen molar-refractivity contribution in [2.75, 3.05) is 32.0 Å². The number of rotatable bonds is 6. The lowest BCUT2D eigenvalue weighted by Crippen LogP contribution is -2.51. The zero-order valence-corrected chi connectivity index (χ0v) is 22.1. The van der Waals surface area contributed by atoms with Gasteiger partial charge < -0.3 is 16.0 Å². The number of carbonyl (C=O) groups excluding carboxylic acids is 1. The van der Waals surface area contributed by atoms with Crippen LogP contribution in [0.25, 0.3) is 0 Å². The van der Waals surface area contributed by atoms with Crippen LogP contribution in [0.15, 0.2) is 53.5 Å². The fraction of sp³-hybridized carbons (Fsp3) is 0.462. The molecule has 2 heterocycles. The molecule has 0 saturated carbocycles. The van der Waals surface area contributed by atoms with E-state index in [1.807, 2.05) is 18.2 Å². The average Bonchev–Trinajstić information content (AvgIpc) is 2.80. The van der Waals surface area contributed by atoms with Crippen LogP contribution >= 0.6 is 24.0 Å². The molecule has 0 saturated heterocycles. The lowest BCUT2D eigenvalue weighted by Gasteiger charge is -2.38. The second-order valence-electron chi connectivity index (χ2n) is 9.17. The summed E-state index contributed by atoms with van der Waals surface area (Å²) in [5, 5.41) is 9.97. The molecule has 178 valence electrons. The summed E-state index contributed by atoms with van der Waals surface area (Å²) >= 11 is 0. The summed E-state index contributed by atoms with van der Waals surface area (Å²) in [6.07, 6.45) is 1.60. The highest BCUT2D eigenvalue weighted by atomic mass is 127. The first-order chi connectivity index (χ1) is 15.5. The highest BCUT2D eigenvalue weighted by Crippen LogP contribution is 2.31. The number of para-hydroxylation sites is 1. The molecule has 2 atom stereocenters. The van der Waals surface area contributed by atoms with Crippen LogP contribution in [-0.4, -0.2) is 49.5 Å². The van der Waals surface area contributed by atoms with Crippen LogP contribution in [0.3, 0.4) is 0 Å². The third kappa shape index (κ3) is 6.26. The van der Waals surface area contributed by atoms with Crippen molar-refractivity contribution in [3.63, 3.8) is 0 Å². The molecule has 2 aromatic carbocycles. The SMILES string of the molecule is CN=C(NCC1CC(=O)Nc2ccccc21)NCC(C(C)C)N1CCc2ccccc2C1.I. The molecule has 7 heteroatoms. The quantitative estimate of drug-likeness (QED) is 0.284. The Morgan fingerprint density at radius 1 is 1.12 bits per heavy atom. The number of carbonyl (C=O) groups is 1. The molecule has 0 fully saturated rings. The van der Waals surface area contributed by atoms with Crippen molar-refractivity contribution in [2.45, 2.75) is 45.2 Å². The molecule has 0 spiro atoms. The van der Waals surface area contributed by atoms with Gasteiger partial charge in [-0.15, -0.1) is 24.0 Å². The first-order valence-corrected chi connectivity index (χ1v) is 11.7. The number of hydrogen-bond acceptors (Lipinski definition) is 3. The Hall–Kier alpha value is -2.13. The molecule has 2 aliphatic rings. The normalized spacial score (nSPS) is 19.1. The van der Waals surface area contributed by atoms with Crippen molar-refractivity contribution < 1.29 is 4.79 Å². The summed E-state index contributed by atoms with van der Waals surface area (Å²) in [6.45, 7) is 8.18.